The van der Waals surface area contributed by atoms with Crippen molar-refractivity contribution >= 4 is 62.9 Å². The van der Waals surface area contributed by atoms with E-state index in [1.165, 1.54) is 38.6 Å². The van der Waals surface area contributed by atoms with Gasteiger partial charge in [0.15, 0.2) is 5.69 Å². The van der Waals surface area contributed by atoms with Gasteiger partial charge in [-0.3, -0.25) is 0 Å². The normalized spacial score (nSPS) is 12.9. The van der Waals surface area contributed by atoms with E-state index in [1.807, 2.05) is 6.07 Å². The molecule has 0 unspecified atom stereocenters. The summed E-state index contributed by atoms with van der Waals surface area (Å²) in [6.07, 6.45) is 0. The molecule has 0 N–H and O–H groups in total. The number of rotatable bonds is 10. The highest BCUT2D eigenvalue weighted by Gasteiger charge is 2.50. The molecule has 0 radical (unpaired) electrons. The lowest BCUT2D eigenvalue weighted by Gasteiger charge is -2.47. The second-order valence-electron chi connectivity index (χ2n) is 23.7. The molecule has 17 rings (SSSR count). The molecule has 2 aliphatic heterocycles. The first-order valence-electron chi connectivity index (χ1n) is 31.0. The van der Waals surface area contributed by atoms with E-state index in [1.54, 1.807) is 0 Å². The molecule has 14 aromatic rings. The van der Waals surface area contributed by atoms with E-state index in [2.05, 4.69) is 348 Å². The summed E-state index contributed by atoms with van der Waals surface area (Å²) in [5, 5.41) is 0. The van der Waals surface area contributed by atoms with Crippen molar-refractivity contribution in [2.45, 2.75) is 5.41 Å². The van der Waals surface area contributed by atoms with Gasteiger partial charge < -0.3 is 9.80 Å². The lowest BCUT2D eigenvalue weighted by atomic mass is 9.33. The molecule has 0 aromatic heterocycles. The molecule has 14 aromatic carbocycles. The highest BCUT2D eigenvalue weighted by atomic mass is 15.2. The largest absolute Gasteiger partial charge is 0.310 e. The summed E-state index contributed by atoms with van der Waals surface area (Å²) >= 11 is 0. The van der Waals surface area contributed by atoms with Crippen molar-refractivity contribution in [1.82, 2.24) is 0 Å². The van der Waals surface area contributed by atoms with Gasteiger partial charge in [-0.1, -0.05) is 315 Å². The molecule has 3 nitrogen and oxygen atoms in total. The SMILES string of the molecule is [C-]#[N+]c1cccc(C2(c3cc4c5c(c3)N(c3c(-c6ccccc6)cccc3-c3ccccc3)c3cc(-c6ccccc6)ccc3B5c3ccc(-c5ccccc5)cc3N4c3c(-c4ccccc4)cccc3-c3ccccc3)c3ccccc3-c3ccccc32)c1. The molecular formula is C86H56BN3. The zero-order valence-electron chi connectivity index (χ0n) is 49.3. The van der Waals surface area contributed by atoms with Crippen molar-refractivity contribution in [3.8, 4) is 77.9 Å². The fraction of sp³-hybridized carbons (Fsp3) is 0.0116. The summed E-state index contributed by atoms with van der Waals surface area (Å²) in [5.74, 6) is 0. The Bertz CT molecular complexity index is 4730. The van der Waals surface area contributed by atoms with E-state index in [0.29, 0.717) is 5.69 Å². The zero-order chi connectivity index (χ0) is 59.7. The average Bonchev–Trinajstić information content (AvgIpc) is 1.19. The van der Waals surface area contributed by atoms with Crippen molar-refractivity contribution < 1.29 is 0 Å². The van der Waals surface area contributed by atoms with Crippen LogP contribution in [0.15, 0.2) is 340 Å². The van der Waals surface area contributed by atoms with Crippen molar-refractivity contribution in [3.05, 3.63) is 373 Å². The minimum Gasteiger partial charge on any atom is -0.310 e. The van der Waals surface area contributed by atoms with Crippen molar-refractivity contribution in [3.63, 3.8) is 0 Å². The van der Waals surface area contributed by atoms with Gasteiger partial charge in [0.1, 0.15) is 0 Å². The van der Waals surface area contributed by atoms with Gasteiger partial charge in [0.25, 0.3) is 6.71 Å². The summed E-state index contributed by atoms with van der Waals surface area (Å²) in [6.45, 7) is 8.36. The van der Waals surface area contributed by atoms with Crippen LogP contribution in [0, 0.1) is 6.57 Å². The van der Waals surface area contributed by atoms with E-state index >= 15 is 0 Å². The monoisotopic (exact) mass is 1140 g/mol. The van der Waals surface area contributed by atoms with Crippen molar-refractivity contribution in [2.75, 3.05) is 9.80 Å². The van der Waals surface area contributed by atoms with Gasteiger partial charge in [0, 0.05) is 45.0 Å². The number of fused-ring (bicyclic) bond motifs is 7. The molecule has 0 bridgehead atoms. The predicted octanol–water partition coefficient (Wildman–Crippen LogP) is 20.7. The molecule has 0 saturated carbocycles. The molecule has 0 saturated heterocycles. The maximum atomic E-state index is 8.60. The summed E-state index contributed by atoms with van der Waals surface area (Å²) < 4.78 is 0. The standard InChI is InChI=1S/C86H56BN3/c1-88-68-40-24-39-66(55-68)86(75-47-22-20-41-73(75)74-42-21-23-48-76(74)86)67-56-81-83-82(57-67)90(85-71(62-35-16-6-17-36-62)45-26-46-72(85)63-37-18-7-19-38-63)80-54-65(59-29-10-3-11-30-59)50-52-78(80)87(83)77-51-49-64(58-27-8-2-9-28-58)53-79(77)89(81)84-69(60-31-12-4-13-32-60)43-25-44-70(84)61-33-14-5-15-34-61/h2-57H. The second kappa shape index (κ2) is 21.6. The fourth-order valence-electron chi connectivity index (χ4n) is 15.1. The predicted molar refractivity (Wildman–Crippen MR) is 377 cm³/mol. The van der Waals surface area contributed by atoms with Gasteiger partial charge in [-0.15, -0.1) is 0 Å². The molecule has 3 aliphatic rings. The van der Waals surface area contributed by atoms with Crippen LogP contribution in [-0.2, 0) is 5.41 Å². The summed E-state index contributed by atoms with van der Waals surface area (Å²) in [7, 11) is 0. The quantitative estimate of drug-likeness (QED) is 0.0998. The Labute approximate surface area is 526 Å². The van der Waals surface area contributed by atoms with Crippen LogP contribution >= 0.6 is 0 Å². The van der Waals surface area contributed by atoms with Crippen molar-refractivity contribution in [1.29, 1.82) is 0 Å². The van der Waals surface area contributed by atoms with Gasteiger partial charge in [0.05, 0.1) is 23.4 Å². The third-order valence-corrected chi connectivity index (χ3v) is 18.9. The lowest BCUT2D eigenvalue weighted by molar-refractivity contribution is 0.769. The second-order valence-corrected chi connectivity index (χ2v) is 23.7. The van der Waals surface area contributed by atoms with Crippen LogP contribution < -0.4 is 26.2 Å². The number of benzene rings is 14. The van der Waals surface area contributed by atoms with Gasteiger partial charge in [-0.25, -0.2) is 4.85 Å². The smallest absolute Gasteiger partial charge is 0.252 e. The molecule has 4 heteroatoms. The van der Waals surface area contributed by atoms with Crippen LogP contribution in [0.5, 0.6) is 0 Å². The zero-order valence-corrected chi connectivity index (χ0v) is 49.3. The van der Waals surface area contributed by atoms with Crippen LogP contribution in [0.2, 0.25) is 0 Å². The topological polar surface area (TPSA) is 10.8 Å². The Morgan fingerprint density at radius 2 is 0.611 bits per heavy atom. The lowest BCUT2D eigenvalue weighted by Crippen LogP contribution is -2.61. The third kappa shape index (κ3) is 8.28. The first kappa shape index (κ1) is 52.6. The molecule has 0 atom stereocenters. The molecule has 90 heavy (non-hydrogen) atoms. The Balaban J connectivity index is 1.11. The Kier molecular flexibility index (Phi) is 12.6. The van der Waals surface area contributed by atoms with Gasteiger partial charge in [-0.2, -0.15) is 0 Å². The maximum Gasteiger partial charge on any atom is 0.252 e. The first-order chi connectivity index (χ1) is 44.6. The number of nitrogens with zero attached hydrogens (tertiary/aromatic N) is 3. The van der Waals surface area contributed by atoms with Gasteiger partial charge in [0.2, 0.25) is 0 Å². The number of hydrogen-bond donors (Lipinski definition) is 0. The van der Waals surface area contributed by atoms with Crippen molar-refractivity contribution in [2.24, 2.45) is 0 Å². The number of para-hydroxylation sites is 2. The van der Waals surface area contributed by atoms with Crippen LogP contribution in [0.25, 0.3) is 82.7 Å². The van der Waals surface area contributed by atoms with E-state index in [9.17, 15) is 0 Å². The highest BCUT2D eigenvalue weighted by molar-refractivity contribution is 7.00. The molecule has 2 heterocycles. The summed E-state index contributed by atoms with van der Waals surface area (Å²) in [4.78, 5) is 9.48. The number of anilines is 6. The van der Waals surface area contributed by atoms with Crippen LogP contribution in [-0.4, -0.2) is 6.71 Å². The first-order valence-corrected chi connectivity index (χ1v) is 31.0. The third-order valence-electron chi connectivity index (χ3n) is 18.9. The Morgan fingerprint density at radius 1 is 0.267 bits per heavy atom. The highest BCUT2D eigenvalue weighted by Crippen LogP contribution is 2.60. The fourth-order valence-corrected chi connectivity index (χ4v) is 15.1. The van der Waals surface area contributed by atoms with E-state index in [-0.39, 0.29) is 6.71 Å². The number of hydrogen-bond acceptors (Lipinski definition) is 2. The maximum absolute atomic E-state index is 8.60. The molecule has 0 spiro atoms. The van der Waals surface area contributed by atoms with E-state index in [0.717, 1.165) is 112 Å². The molecule has 0 amide bonds. The summed E-state index contributed by atoms with van der Waals surface area (Å²) in [6, 6.07) is 125. The molecule has 0 fully saturated rings. The van der Waals surface area contributed by atoms with Gasteiger partial charge in [-0.05, 0) is 119 Å². The van der Waals surface area contributed by atoms with E-state index < -0.39 is 5.41 Å². The van der Waals surface area contributed by atoms with E-state index in [4.69, 9.17) is 6.57 Å². The Morgan fingerprint density at radius 3 is 1.00 bits per heavy atom. The minimum atomic E-state index is -0.924. The average molecular weight is 1140 g/mol. The summed E-state index contributed by atoms with van der Waals surface area (Å²) in [5.41, 5.74) is 30.1. The van der Waals surface area contributed by atoms with Crippen LogP contribution in [0.4, 0.5) is 39.8 Å². The molecular weight excluding hydrogens is 1090 g/mol. The molecule has 1 aliphatic carbocycles. The van der Waals surface area contributed by atoms with Crippen LogP contribution in [0.3, 0.4) is 0 Å². The van der Waals surface area contributed by atoms with Crippen LogP contribution in [0.1, 0.15) is 22.3 Å². The van der Waals surface area contributed by atoms with Gasteiger partial charge >= 0.3 is 0 Å². The minimum absolute atomic E-state index is 0.242. The molecule has 418 valence electrons. The Hall–Kier alpha value is -11.8.